The smallest absolute Gasteiger partial charge is 0.451 e. The molecular weight excluding hydrogens is 604 g/mol. The number of hydrogen-bond acceptors (Lipinski definition) is 9. The number of hydrogen-bond donors (Lipinski definition) is 0. The predicted octanol–water partition coefficient (Wildman–Crippen LogP) is 5.01. The van der Waals surface area contributed by atoms with Gasteiger partial charge in [0, 0.05) is 35.9 Å². The number of nitrogens with zero attached hydrogens (tertiary/aromatic N) is 4. The van der Waals surface area contributed by atoms with Crippen LogP contribution in [0.4, 0.5) is 23.4 Å². The fraction of sp³-hybridized carbons (Fsp3) is 0.400. The summed E-state index contributed by atoms with van der Waals surface area (Å²) in [5.74, 6) is -1.42. The molecule has 14 heteroatoms. The number of benzene rings is 1. The van der Waals surface area contributed by atoms with Gasteiger partial charge in [0.1, 0.15) is 22.9 Å². The highest BCUT2D eigenvalue weighted by atomic mass is 32.2. The molecule has 44 heavy (non-hydrogen) atoms. The maximum absolute atomic E-state index is 16.6. The third kappa shape index (κ3) is 5.12. The first-order valence-corrected chi connectivity index (χ1v) is 15.6. The van der Waals surface area contributed by atoms with Crippen molar-refractivity contribution in [3.8, 4) is 18.2 Å². The molecule has 9 nitrogen and oxygen atoms in total. The van der Waals surface area contributed by atoms with Gasteiger partial charge in [0.05, 0.1) is 29.7 Å². The maximum Gasteiger partial charge on any atom is 0.451 e. The van der Waals surface area contributed by atoms with E-state index in [4.69, 9.17) is 15.6 Å². The zero-order valence-electron chi connectivity index (χ0n) is 23.6. The zero-order valence-corrected chi connectivity index (χ0v) is 24.4. The summed E-state index contributed by atoms with van der Waals surface area (Å²) >= 11 is 0. The lowest BCUT2D eigenvalue weighted by atomic mass is 9.82. The standard InChI is InChI=1S/C30H26F4N4O5S/c1-4-18-11-21(29(31)9-10-44(40,41)15-16(29)2)27(35-13-18)42-19-12-22(17(3)39)38(14-19)26-25-24(36-28(37-26)30(32,33)34)20-7-5-6-8-23(20)43-25/h1,5-8,11,13,16,19,22H,9-10,12,14-15H2,2-3H3/t16-,19+,22+,29+/m1/s1. The monoisotopic (exact) mass is 630 g/mol. The molecule has 230 valence electrons. The number of Topliss-reactive ketones (excluding diaryl/α,β-unsaturated/α-hetero) is 1. The second-order valence-corrected chi connectivity index (χ2v) is 13.5. The molecule has 0 radical (unpaired) electrons. The number of anilines is 1. The fourth-order valence-electron chi connectivity index (χ4n) is 6.03. The van der Waals surface area contributed by atoms with Crippen LogP contribution in [0.3, 0.4) is 0 Å². The molecule has 6 rings (SSSR count). The minimum absolute atomic E-state index is 0.0175. The van der Waals surface area contributed by atoms with Crippen LogP contribution in [0.2, 0.25) is 0 Å². The summed E-state index contributed by atoms with van der Waals surface area (Å²) in [7, 11) is -3.45. The van der Waals surface area contributed by atoms with E-state index in [0.29, 0.717) is 11.0 Å². The van der Waals surface area contributed by atoms with Gasteiger partial charge in [0.15, 0.2) is 27.0 Å². The molecule has 1 aromatic carbocycles. The molecule has 4 atom stereocenters. The highest BCUT2D eigenvalue weighted by molar-refractivity contribution is 7.91. The molecule has 5 heterocycles. The molecule has 2 fully saturated rings. The van der Waals surface area contributed by atoms with Crippen LogP contribution in [-0.4, -0.2) is 59.3 Å². The molecule has 0 N–H and O–H groups in total. The van der Waals surface area contributed by atoms with E-state index < -0.39 is 45.6 Å². The van der Waals surface area contributed by atoms with Gasteiger partial charge in [0.25, 0.3) is 0 Å². The summed E-state index contributed by atoms with van der Waals surface area (Å²) in [5, 5.41) is 0.349. The molecule has 3 aromatic heterocycles. The number of para-hydroxylation sites is 1. The summed E-state index contributed by atoms with van der Waals surface area (Å²) in [6.07, 6.45) is 0.794. The second kappa shape index (κ2) is 10.4. The Morgan fingerprint density at radius 3 is 2.68 bits per heavy atom. The Hall–Kier alpha value is -4.25. The number of ketones is 1. The maximum atomic E-state index is 16.6. The van der Waals surface area contributed by atoms with E-state index in [2.05, 4.69) is 20.9 Å². The number of sulfone groups is 1. The number of pyridine rings is 1. The molecular formula is C30H26F4N4O5S. The molecule has 0 amide bonds. The Morgan fingerprint density at radius 1 is 1.25 bits per heavy atom. The normalized spacial score (nSPS) is 25.3. The Morgan fingerprint density at radius 2 is 2.00 bits per heavy atom. The van der Waals surface area contributed by atoms with Crippen LogP contribution in [-0.2, 0) is 26.5 Å². The molecule has 0 saturated carbocycles. The number of aromatic nitrogens is 3. The largest absolute Gasteiger partial charge is 0.472 e. The zero-order chi connectivity index (χ0) is 31.6. The van der Waals surface area contributed by atoms with Crippen molar-refractivity contribution in [3.05, 3.63) is 53.5 Å². The second-order valence-electron chi connectivity index (χ2n) is 11.2. The first-order valence-electron chi connectivity index (χ1n) is 13.8. The Bertz CT molecular complexity index is 1950. The van der Waals surface area contributed by atoms with E-state index >= 15 is 4.39 Å². The highest BCUT2D eigenvalue weighted by Crippen LogP contribution is 2.46. The van der Waals surface area contributed by atoms with Crippen LogP contribution in [0.25, 0.3) is 22.1 Å². The van der Waals surface area contributed by atoms with Crippen molar-refractivity contribution in [3.63, 3.8) is 0 Å². The van der Waals surface area contributed by atoms with Crippen molar-refractivity contribution < 1.29 is 39.9 Å². The number of alkyl halides is 4. The van der Waals surface area contributed by atoms with Crippen LogP contribution in [0.15, 0.2) is 40.9 Å². The van der Waals surface area contributed by atoms with Gasteiger partial charge in [-0.15, -0.1) is 6.42 Å². The lowest BCUT2D eigenvalue weighted by molar-refractivity contribution is -0.144. The van der Waals surface area contributed by atoms with Crippen molar-refractivity contribution >= 4 is 43.5 Å². The van der Waals surface area contributed by atoms with Gasteiger partial charge < -0.3 is 14.1 Å². The number of carbonyl (C=O) groups is 1. The SMILES string of the molecule is C#Cc1cnc(O[C@H]2C[C@@H](C(C)=O)N(c3nc(C(F)(F)F)nc4c3oc3ccccc34)C2)c([C@]2(F)CCS(=O)(=O)C[C@H]2C)c1. The van der Waals surface area contributed by atoms with Crippen molar-refractivity contribution in [2.75, 3.05) is 23.0 Å². The number of carbonyl (C=O) groups excluding carboxylic acids is 1. The predicted molar refractivity (Wildman–Crippen MR) is 153 cm³/mol. The molecule has 2 saturated heterocycles. The van der Waals surface area contributed by atoms with Gasteiger partial charge in [-0.25, -0.2) is 27.8 Å². The van der Waals surface area contributed by atoms with Crippen LogP contribution in [0, 0.1) is 18.3 Å². The van der Waals surface area contributed by atoms with Crippen LogP contribution < -0.4 is 9.64 Å². The topological polar surface area (TPSA) is 115 Å². The molecule has 0 bridgehead atoms. The van der Waals surface area contributed by atoms with Gasteiger partial charge in [-0.3, -0.25) is 4.79 Å². The number of fused-ring (bicyclic) bond motifs is 3. The summed E-state index contributed by atoms with van der Waals surface area (Å²) < 4.78 is 94.9. The number of ether oxygens (including phenoxy) is 1. The Labute approximate surface area is 249 Å². The number of rotatable bonds is 5. The first kappa shape index (κ1) is 29.8. The summed E-state index contributed by atoms with van der Waals surface area (Å²) in [6.45, 7) is 2.66. The molecule has 2 aliphatic heterocycles. The molecule has 0 spiro atoms. The summed E-state index contributed by atoms with van der Waals surface area (Å²) in [4.78, 5) is 26.0. The minimum Gasteiger partial charge on any atom is -0.472 e. The molecule has 2 aliphatic rings. The van der Waals surface area contributed by atoms with Gasteiger partial charge in [0.2, 0.25) is 11.7 Å². The van der Waals surface area contributed by atoms with Gasteiger partial charge >= 0.3 is 6.18 Å². The van der Waals surface area contributed by atoms with Crippen molar-refractivity contribution in [1.29, 1.82) is 0 Å². The summed E-state index contributed by atoms with van der Waals surface area (Å²) in [6, 6.07) is 6.90. The molecule has 4 aromatic rings. The van der Waals surface area contributed by atoms with Gasteiger partial charge in [-0.05, 0) is 25.1 Å². The number of terminal acetylenes is 1. The summed E-state index contributed by atoms with van der Waals surface area (Å²) in [5.41, 5.74) is -1.68. The van der Waals surface area contributed by atoms with E-state index in [1.165, 1.54) is 31.0 Å². The Kier molecular flexibility index (Phi) is 7.07. The number of halogens is 4. The quantitative estimate of drug-likeness (QED) is 0.222. The number of furan rings is 1. The van der Waals surface area contributed by atoms with Crippen LogP contribution in [0.5, 0.6) is 5.88 Å². The average Bonchev–Trinajstić information content (AvgIpc) is 3.56. The van der Waals surface area contributed by atoms with E-state index in [1.807, 2.05) is 0 Å². The average molecular weight is 631 g/mol. The third-order valence-electron chi connectivity index (χ3n) is 8.27. The molecule has 0 aliphatic carbocycles. The highest BCUT2D eigenvalue weighted by Gasteiger charge is 2.48. The third-order valence-corrected chi connectivity index (χ3v) is 10.1. The lowest BCUT2D eigenvalue weighted by Gasteiger charge is -2.36. The van der Waals surface area contributed by atoms with Crippen LogP contribution in [0.1, 0.15) is 43.6 Å². The lowest BCUT2D eigenvalue weighted by Crippen LogP contribution is -2.41. The van der Waals surface area contributed by atoms with E-state index in [-0.39, 0.29) is 70.6 Å². The van der Waals surface area contributed by atoms with E-state index in [1.54, 1.807) is 24.3 Å². The first-order chi connectivity index (χ1) is 20.7. The van der Waals surface area contributed by atoms with Crippen LogP contribution >= 0.6 is 0 Å². The van der Waals surface area contributed by atoms with Gasteiger partial charge in [-0.1, -0.05) is 25.0 Å². The van der Waals surface area contributed by atoms with Crippen molar-refractivity contribution in [1.82, 2.24) is 15.0 Å². The van der Waals surface area contributed by atoms with E-state index in [9.17, 15) is 26.4 Å². The fourth-order valence-corrected chi connectivity index (χ4v) is 7.83. The van der Waals surface area contributed by atoms with Crippen molar-refractivity contribution in [2.24, 2.45) is 5.92 Å². The molecule has 0 unspecified atom stereocenters. The van der Waals surface area contributed by atoms with Gasteiger partial charge in [-0.2, -0.15) is 13.2 Å². The Balaban J connectivity index is 1.41. The van der Waals surface area contributed by atoms with Crippen molar-refractivity contribution in [2.45, 2.75) is 50.7 Å². The minimum atomic E-state index is -4.89. The van der Waals surface area contributed by atoms with E-state index in [0.717, 1.165) is 0 Å².